The van der Waals surface area contributed by atoms with Gasteiger partial charge in [-0.25, -0.2) is 18.1 Å². The molecule has 116 valence electrons. The summed E-state index contributed by atoms with van der Waals surface area (Å²) in [6, 6.07) is -0.00560. The highest BCUT2D eigenvalue weighted by atomic mass is 35.5. The molecule has 21 heavy (non-hydrogen) atoms. The topological polar surface area (TPSA) is 63.5 Å². The number of thiazole rings is 1. The zero-order chi connectivity index (χ0) is 15.0. The summed E-state index contributed by atoms with van der Waals surface area (Å²) in [4.78, 5) is 4.68. The zero-order valence-corrected chi connectivity index (χ0v) is 14.1. The number of aromatic nitrogens is 2. The molecule has 1 saturated carbocycles. The Labute approximate surface area is 133 Å². The van der Waals surface area contributed by atoms with Gasteiger partial charge in [0.1, 0.15) is 0 Å². The molecule has 0 radical (unpaired) electrons. The lowest BCUT2D eigenvalue weighted by Gasteiger charge is -2.28. The van der Waals surface area contributed by atoms with Crippen molar-refractivity contribution in [3.05, 3.63) is 16.7 Å². The van der Waals surface area contributed by atoms with E-state index in [2.05, 4.69) is 16.6 Å². The van der Waals surface area contributed by atoms with Crippen LogP contribution in [0.2, 0.25) is 5.15 Å². The third-order valence-corrected chi connectivity index (χ3v) is 6.79. The Balaban J connectivity index is 1.87. The van der Waals surface area contributed by atoms with Crippen LogP contribution in [0.1, 0.15) is 39.0 Å². The normalized spacial score (nSPS) is 23.7. The van der Waals surface area contributed by atoms with Gasteiger partial charge in [0.25, 0.3) is 10.0 Å². The Morgan fingerprint density at radius 2 is 2.33 bits per heavy atom. The molecule has 0 aromatic carbocycles. The van der Waals surface area contributed by atoms with E-state index >= 15 is 0 Å². The second-order valence-corrected chi connectivity index (χ2v) is 8.38. The van der Waals surface area contributed by atoms with Crippen molar-refractivity contribution in [1.29, 1.82) is 0 Å². The molecule has 5 nitrogen and oxygen atoms in total. The SMILES string of the molecule is CCC1CCCC(NS(=O)(=O)c2c(Cl)nc3sccn23)C1. The highest BCUT2D eigenvalue weighted by Gasteiger charge is 2.30. The fourth-order valence-electron chi connectivity index (χ4n) is 3.02. The largest absolute Gasteiger partial charge is 0.279 e. The third-order valence-electron chi connectivity index (χ3n) is 4.12. The van der Waals surface area contributed by atoms with Gasteiger partial charge in [0.05, 0.1) is 0 Å². The molecule has 2 heterocycles. The Morgan fingerprint density at radius 1 is 1.52 bits per heavy atom. The van der Waals surface area contributed by atoms with Crippen LogP contribution in [0.3, 0.4) is 0 Å². The summed E-state index contributed by atoms with van der Waals surface area (Å²) in [6.07, 6.45) is 6.83. The van der Waals surface area contributed by atoms with E-state index in [0.29, 0.717) is 10.9 Å². The van der Waals surface area contributed by atoms with Crippen LogP contribution in [0.15, 0.2) is 16.6 Å². The molecule has 2 aromatic heterocycles. The number of sulfonamides is 1. The molecule has 0 aliphatic heterocycles. The number of hydrogen-bond acceptors (Lipinski definition) is 4. The quantitative estimate of drug-likeness (QED) is 0.922. The van der Waals surface area contributed by atoms with Crippen molar-refractivity contribution >= 4 is 37.9 Å². The van der Waals surface area contributed by atoms with Crippen molar-refractivity contribution in [3.63, 3.8) is 0 Å². The molecule has 3 rings (SSSR count). The van der Waals surface area contributed by atoms with Crippen LogP contribution in [0, 0.1) is 5.92 Å². The lowest BCUT2D eigenvalue weighted by molar-refractivity contribution is 0.301. The first-order chi connectivity index (χ1) is 10.0. The first-order valence-corrected chi connectivity index (χ1v) is 9.88. The molecule has 0 saturated heterocycles. The van der Waals surface area contributed by atoms with Gasteiger partial charge in [0.15, 0.2) is 15.1 Å². The van der Waals surface area contributed by atoms with E-state index in [-0.39, 0.29) is 16.2 Å². The van der Waals surface area contributed by atoms with Crippen LogP contribution < -0.4 is 4.72 Å². The van der Waals surface area contributed by atoms with Gasteiger partial charge in [-0.05, 0) is 18.8 Å². The van der Waals surface area contributed by atoms with E-state index < -0.39 is 10.0 Å². The number of nitrogens with one attached hydrogen (secondary N) is 1. The maximum atomic E-state index is 12.6. The lowest BCUT2D eigenvalue weighted by atomic mass is 9.85. The first-order valence-electron chi connectivity index (χ1n) is 7.14. The highest BCUT2D eigenvalue weighted by Crippen LogP contribution is 2.29. The van der Waals surface area contributed by atoms with E-state index in [0.717, 1.165) is 25.7 Å². The average molecular weight is 348 g/mol. The van der Waals surface area contributed by atoms with Gasteiger partial charge >= 0.3 is 0 Å². The summed E-state index contributed by atoms with van der Waals surface area (Å²) in [7, 11) is -3.65. The smallest absolute Gasteiger partial charge is 0.260 e. The van der Waals surface area contributed by atoms with Gasteiger partial charge in [0, 0.05) is 17.6 Å². The minimum atomic E-state index is -3.65. The number of rotatable bonds is 4. The highest BCUT2D eigenvalue weighted by molar-refractivity contribution is 7.89. The van der Waals surface area contributed by atoms with E-state index in [1.807, 2.05) is 0 Å². The average Bonchev–Trinajstić information content (AvgIpc) is 2.97. The van der Waals surface area contributed by atoms with Gasteiger partial charge in [-0.15, -0.1) is 11.3 Å². The minimum absolute atomic E-state index is 0.00560. The van der Waals surface area contributed by atoms with Crippen LogP contribution in [0.5, 0.6) is 0 Å². The summed E-state index contributed by atoms with van der Waals surface area (Å²) in [5, 5.41) is 1.89. The van der Waals surface area contributed by atoms with Crippen molar-refractivity contribution in [2.24, 2.45) is 5.92 Å². The predicted molar refractivity (Wildman–Crippen MR) is 84.4 cm³/mol. The second-order valence-electron chi connectivity index (χ2n) is 5.52. The molecule has 0 spiro atoms. The van der Waals surface area contributed by atoms with Gasteiger partial charge in [-0.3, -0.25) is 4.40 Å². The van der Waals surface area contributed by atoms with Crippen LogP contribution >= 0.6 is 22.9 Å². The van der Waals surface area contributed by atoms with Crippen molar-refractivity contribution in [3.8, 4) is 0 Å². The molecule has 2 aromatic rings. The van der Waals surface area contributed by atoms with Gasteiger partial charge < -0.3 is 0 Å². The van der Waals surface area contributed by atoms with Crippen molar-refractivity contribution in [1.82, 2.24) is 14.1 Å². The Hall–Kier alpha value is -0.630. The molecule has 8 heteroatoms. The maximum Gasteiger partial charge on any atom is 0.260 e. The fourth-order valence-corrected chi connectivity index (χ4v) is 5.76. The van der Waals surface area contributed by atoms with Crippen molar-refractivity contribution in [2.75, 3.05) is 0 Å². The summed E-state index contributed by atoms with van der Waals surface area (Å²) < 4.78 is 29.6. The number of fused-ring (bicyclic) bond motifs is 1. The van der Waals surface area contributed by atoms with Crippen LogP contribution in [-0.2, 0) is 10.0 Å². The first kappa shape index (κ1) is 15.3. The van der Waals surface area contributed by atoms with Gasteiger partial charge in [-0.2, -0.15) is 0 Å². The fraction of sp³-hybridized carbons (Fsp3) is 0.615. The molecule has 2 atom stereocenters. The summed E-state index contributed by atoms with van der Waals surface area (Å²) >= 11 is 7.39. The van der Waals surface area contributed by atoms with Crippen molar-refractivity contribution < 1.29 is 8.42 Å². The van der Waals surface area contributed by atoms with E-state index in [4.69, 9.17) is 11.6 Å². The van der Waals surface area contributed by atoms with Gasteiger partial charge in [0.2, 0.25) is 0 Å². The lowest BCUT2D eigenvalue weighted by Crippen LogP contribution is -2.38. The Morgan fingerprint density at radius 3 is 3.10 bits per heavy atom. The molecule has 0 bridgehead atoms. The van der Waals surface area contributed by atoms with Crippen molar-refractivity contribution in [2.45, 2.75) is 50.1 Å². The maximum absolute atomic E-state index is 12.6. The summed E-state index contributed by atoms with van der Waals surface area (Å²) in [6.45, 7) is 2.16. The molecule has 1 N–H and O–H groups in total. The number of nitrogens with zero attached hydrogens (tertiary/aromatic N) is 2. The molecule has 2 unspecified atom stereocenters. The summed E-state index contributed by atoms with van der Waals surface area (Å²) in [5.41, 5.74) is 0. The molecule has 1 fully saturated rings. The summed E-state index contributed by atoms with van der Waals surface area (Å²) in [5.74, 6) is 0.605. The number of hydrogen-bond donors (Lipinski definition) is 1. The number of imidazole rings is 1. The standard InChI is InChI=1S/C13H18ClN3O2S2/c1-2-9-4-3-5-10(8-9)16-21(18,19)12-11(14)15-13-17(12)6-7-20-13/h6-7,9-10,16H,2-5,8H2,1H3. The van der Waals surface area contributed by atoms with Crippen LogP contribution in [0.4, 0.5) is 0 Å². The number of halogens is 1. The molecular formula is C13H18ClN3O2S2. The molecule has 0 amide bonds. The van der Waals surface area contributed by atoms with E-state index in [1.54, 1.807) is 11.6 Å². The molecule has 1 aliphatic carbocycles. The minimum Gasteiger partial charge on any atom is -0.279 e. The molecule has 1 aliphatic rings. The van der Waals surface area contributed by atoms with Crippen LogP contribution in [-0.4, -0.2) is 23.8 Å². The Bertz CT molecular complexity index is 738. The van der Waals surface area contributed by atoms with E-state index in [9.17, 15) is 8.42 Å². The van der Waals surface area contributed by atoms with Crippen LogP contribution in [0.25, 0.3) is 4.96 Å². The molecular weight excluding hydrogens is 330 g/mol. The van der Waals surface area contributed by atoms with Gasteiger partial charge in [-0.1, -0.05) is 37.8 Å². The predicted octanol–water partition coefficient (Wildman–Crippen LogP) is 3.30. The monoisotopic (exact) mass is 347 g/mol. The Kier molecular flexibility index (Phi) is 4.27. The zero-order valence-electron chi connectivity index (χ0n) is 11.8. The van der Waals surface area contributed by atoms with E-state index in [1.165, 1.54) is 22.2 Å². The second kappa shape index (κ2) is 5.87. The third kappa shape index (κ3) is 2.97.